The SMILES string of the molecule is NCCC1(CNC(=O)Cc2ccc3ccccc3c2)CC1. The van der Waals surface area contributed by atoms with Gasteiger partial charge in [0.15, 0.2) is 0 Å². The van der Waals surface area contributed by atoms with Crippen molar-refractivity contribution in [2.24, 2.45) is 11.1 Å². The van der Waals surface area contributed by atoms with Crippen LogP contribution in [0.1, 0.15) is 24.8 Å². The van der Waals surface area contributed by atoms with Crippen molar-refractivity contribution in [1.29, 1.82) is 0 Å². The maximum Gasteiger partial charge on any atom is 0.224 e. The molecule has 1 saturated carbocycles. The Labute approximate surface area is 125 Å². The first-order valence-corrected chi connectivity index (χ1v) is 7.65. The first-order valence-electron chi connectivity index (χ1n) is 7.65. The van der Waals surface area contributed by atoms with Crippen LogP contribution in [0.4, 0.5) is 0 Å². The van der Waals surface area contributed by atoms with Crippen LogP contribution in [0.2, 0.25) is 0 Å². The van der Waals surface area contributed by atoms with E-state index < -0.39 is 0 Å². The number of fused-ring (bicyclic) bond motifs is 1. The Kier molecular flexibility index (Phi) is 3.93. The smallest absolute Gasteiger partial charge is 0.224 e. The van der Waals surface area contributed by atoms with Gasteiger partial charge in [-0.15, -0.1) is 0 Å². The van der Waals surface area contributed by atoms with Crippen LogP contribution < -0.4 is 11.1 Å². The van der Waals surface area contributed by atoms with E-state index in [2.05, 4.69) is 29.6 Å². The van der Waals surface area contributed by atoms with E-state index in [1.807, 2.05) is 18.2 Å². The number of amides is 1. The number of carbonyl (C=O) groups excluding carboxylic acids is 1. The van der Waals surface area contributed by atoms with Crippen molar-refractivity contribution in [3.8, 4) is 0 Å². The van der Waals surface area contributed by atoms with E-state index >= 15 is 0 Å². The quantitative estimate of drug-likeness (QED) is 0.855. The average Bonchev–Trinajstić information content (AvgIpc) is 3.26. The fourth-order valence-corrected chi connectivity index (χ4v) is 2.88. The highest BCUT2D eigenvalue weighted by Gasteiger charge is 2.41. The molecule has 3 nitrogen and oxygen atoms in total. The van der Waals surface area contributed by atoms with Crippen molar-refractivity contribution >= 4 is 16.7 Å². The zero-order chi connectivity index (χ0) is 14.7. The molecule has 1 aliphatic rings. The number of hydrogen-bond acceptors (Lipinski definition) is 2. The molecule has 3 N–H and O–H groups in total. The highest BCUT2D eigenvalue weighted by atomic mass is 16.1. The summed E-state index contributed by atoms with van der Waals surface area (Å²) in [5.41, 5.74) is 6.99. The molecule has 2 aromatic rings. The van der Waals surface area contributed by atoms with Crippen molar-refractivity contribution in [2.45, 2.75) is 25.7 Å². The van der Waals surface area contributed by atoms with Gasteiger partial charge in [0.25, 0.3) is 0 Å². The number of benzene rings is 2. The molecule has 0 radical (unpaired) electrons. The van der Waals surface area contributed by atoms with E-state index in [4.69, 9.17) is 5.73 Å². The van der Waals surface area contributed by atoms with E-state index in [1.165, 1.54) is 23.6 Å². The summed E-state index contributed by atoms with van der Waals surface area (Å²) in [6.07, 6.45) is 3.85. The molecule has 3 heteroatoms. The summed E-state index contributed by atoms with van der Waals surface area (Å²) in [5.74, 6) is 0.105. The largest absolute Gasteiger partial charge is 0.355 e. The lowest BCUT2D eigenvalue weighted by Crippen LogP contribution is -2.32. The minimum Gasteiger partial charge on any atom is -0.355 e. The normalized spacial score (nSPS) is 15.9. The topological polar surface area (TPSA) is 55.1 Å². The lowest BCUT2D eigenvalue weighted by Gasteiger charge is -2.14. The number of nitrogens with two attached hydrogens (primary N) is 1. The fourth-order valence-electron chi connectivity index (χ4n) is 2.88. The molecule has 1 amide bonds. The van der Waals surface area contributed by atoms with Crippen molar-refractivity contribution in [1.82, 2.24) is 5.32 Å². The maximum atomic E-state index is 12.1. The van der Waals surface area contributed by atoms with Gasteiger partial charge in [-0.25, -0.2) is 0 Å². The molecular weight excluding hydrogens is 260 g/mol. The standard InChI is InChI=1S/C18H22N2O/c19-10-9-18(7-8-18)13-20-17(21)12-14-5-6-15-3-1-2-4-16(15)11-14/h1-6,11H,7-10,12-13,19H2,(H,20,21). The van der Waals surface area contributed by atoms with Gasteiger partial charge in [-0.1, -0.05) is 42.5 Å². The maximum absolute atomic E-state index is 12.1. The zero-order valence-corrected chi connectivity index (χ0v) is 12.3. The second-order valence-electron chi connectivity index (χ2n) is 6.17. The van der Waals surface area contributed by atoms with E-state index in [0.29, 0.717) is 18.4 Å². The Morgan fingerprint density at radius 3 is 2.62 bits per heavy atom. The van der Waals surface area contributed by atoms with Crippen LogP contribution in [-0.2, 0) is 11.2 Å². The second kappa shape index (κ2) is 5.86. The lowest BCUT2D eigenvalue weighted by molar-refractivity contribution is -0.120. The molecule has 0 aliphatic heterocycles. The first-order chi connectivity index (χ1) is 10.2. The van der Waals surface area contributed by atoms with Crippen molar-refractivity contribution < 1.29 is 4.79 Å². The van der Waals surface area contributed by atoms with Gasteiger partial charge in [0.05, 0.1) is 6.42 Å². The number of rotatable bonds is 6. The van der Waals surface area contributed by atoms with Gasteiger partial charge in [0.2, 0.25) is 5.91 Å². The van der Waals surface area contributed by atoms with Gasteiger partial charge in [-0.05, 0) is 47.6 Å². The van der Waals surface area contributed by atoms with Crippen LogP contribution in [0.3, 0.4) is 0 Å². The molecule has 0 bridgehead atoms. The van der Waals surface area contributed by atoms with Crippen molar-refractivity contribution in [2.75, 3.05) is 13.1 Å². The van der Waals surface area contributed by atoms with Gasteiger partial charge in [0, 0.05) is 6.54 Å². The van der Waals surface area contributed by atoms with Gasteiger partial charge in [-0.3, -0.25) is 4.79 Å². The lowest BCUT2D eigenvalue weighted by atomic mass is 10.0. The minimum atomic E-state index is 0.105. The molecule has 0 aromatic heterocycles. The van der Waals surface area contributed by atoms with Crippen LogP contribution in [0.15, 0.2) is 42.5 Å². The van der Waals surface area contributed by atoms with Crippen LogP contribution in [-0.4, -0.2) is 19.0 Å². The van der Waals surface area contributed by atoms with Crippen LogP contribution in [0.25, 0.3) is 10.8 Å². The first kappa shape index (κ1) is 14.1. The van der Waals surface area contributed by atoms with Crippen molar-refractivity contribution in [3.63, 3.8) is 0 Å². The number of carbonyl (C=O) groups is 1. The molecule has 21 heavy (non-hydrogen) atoms. The Hall–Kier alpha value is -1.87. The Balaban J connectivity index is 1.58. The number of nitrogens with one attached hydrogen (secondary N) is 1. The third kappa shape index (κ3) is 3.42. The Bertz CT molecular complexity index is 646. The zero-order valence-electron chi connectivity index (χ0n) is 12.3. The van der Waals surface area contributed by atoms with E-state index in [-0.39, 0.29) is 5.91 Å². The van der Waals surface area contributed by atoms with Gasteiger partial charge >= 0.3 is 0 Å². The number of hydrogen-bond donors (Lipinski definition) is 2. The molecule has 3 rings (SSSR count). The Morgan fingerprint density at radius 1 is 1.14 bits per heavy atom. The van der Waals surface area contributed by atoms with E-state index in [0.717, 1.165) is 18.5 Å². The third-order valence-electron chi connectivity index (χ3n) is 4.47. The molecule has 0 saturated heterocycles. The molecule has 0 unspecified atom stereocenters. The van der Waals surface area contributed by atoms with Gasteiger partial charge in [-0.2, -0.15) is 0 Å². The predicted octanol–water partition coefficient (Wildman–Crippen LogP) is 2.63. The van der Waals surface area contributed by atoms with Crippen molar-refractivity contribution in [3.05, 3.63) is 48.0 Å². The molecule has 1 aliphatic carbocycles. The van der Waals surface area contributed by atoms with Gasteiger partial charge < -0.3 is 11.1 Å². The summed E-state index contributed by atoms with van der Waals surface area (Å²) >= 11 is 0. The van der Waals surface area contributed by atoms with E-state index in [1.54, 1.807) is 0 Å². The van der Waals surface area contributed by atoms with Gasteiger partial charge in [0.1, 0.15) is 0 Å². The minimum absolute atomic E-state index is 0.105. The summed E-state index contributed by atoms with van der Waals surface area (Å²) in [6.45, 7) is 1.48. The van der Waals surface area contributed by atoms with Crippen LogP contribution in [0.5, 0.6) is 0 Å². The molecular formula is C18H22N2O. The molecule has 0 atom stereocenters. The summed E-state index contributed by atoms with van der Waals surface area (Å²) in [6, 6.07) is 14.4. The summed E-state index contributed by atoms with van der Waals surface area (Å²) in [4.78, 5) is 12.1. The highest BCUT2D eigenvalue weighted by molar-refractivity contribution is 5.85. The average molecular weight is 282 g/mol. The third-order valence-corrected chi connectivity index (χ3v) is 4.47. The molecule has 2 aromatic carbocycles. The Morgan fingerprint density at radius 2 is 1.90 bits per heavy atom. The molecule has 1 fully saturated rings. The van der Waals surface area contributed by atoms with Crippen LogP contribution >= 0.6 is 0 Å². The summed E-state index contributed by atoms with van der Waals surface area (Å²) in [5, 5.41) is 5.47. The molecule has 110 valence electrons. The molecule has 0 spiro atoms. The summed E-state index contributed by atoms with van der Waals surface area (Å²) < 4.78 is 0. The predicted molar refractivity (Wildman–Crippen MR) is 86.0 cm³/mol. The van der Waals surface area contributed by atoms with E-state index in [9.17, 15) is 4.79 Å². The second-order valence-corrected chi connectivity index (χ2v) is 6.17. The highest BCUT2D eigenvalue weighted by Crippen LogP contribution is 2.47. The molecule has 0 heterocycles. The monoisotopic (exact) mass is 282 g/mol. The van der Waals surface area contributed by atoms with Crippen LogP contribution in [0, 0.1) is 5.41 Å². The summed E-state index contributed by atoms with van der Waals surface area (Å²) in [7, 11) is 0. The fraction of sp³-hybridized carbons (Fsp3) is 0.389.